The second-order valence-corrected chi connectivity index (χ2v) is 9.82. The molecule has 2 aromatic heterocycles. The van der Waals surface area contributed by atoms with Crippen molar-refractivity contribution in [3.63, 3.8) is 0 Å². The number of benzene rings is 2. The summed E-state index contributed by atoms with van der Waals surface area (Å²) in [5.41, 5.74) is 2.22. The van der Waals surface area contributed by atoms with E-state index in [1.54, 1.807) is 0 Å². The number of halogens is 1. The zero-order valence-corrected chi connectivity index (χ0v) is 18.6. The van der Waals surface area contributed by atoms with Crippen LogP contribution >= 0.6 is 34.7 Å². The van der Waals surface area contributed by atoms with E-state index in [1.807, 2.05) is 54.3 Å². The molecule has 0 bridgehead atoms. The van der Waals surface area contributed by atoms with E-state index in [1.165, 1.54) is 28.7 Å². The highest BCUT2D eigenvalue weighted by molar-refractivity contribution is 8.00. The largest absolute Gasteiger partial charge is 0.410 e. The number of thiophene rings is 1. The van der Waals surface area contributed by atoms with Gasteiger partial charge in [0, 0.05) is 22.3 Å². The quantitative estimate of drug-likeness (QED) is 0.350. The Bertz CT molecular complexity index is 1240. The average Bonchev–Trinajstić information content (AvgIpc) is 3.37. The summed E-state index contributed by atoms with van der Waals surface area (Å²) >= 11 is 9.32. The SMILES string of the molecule is C[C@@H](Sc1nnc(-c2sc3ccccc3c2Cl)o1)C(=O)N1CCCc2ccccc21. The summed E-state index contributed by atoms with van der Waals surface area (Å²) in [6.45, 7) is 2.60. The van der Waals surface area contributed by atoms with Crippen LogP contribution in [0, 0.1) is 0 Å². The summed E-state index contributed by atoms with van der Waals surface area (Å²) in [4.78, 5) is 15.7. The van der Waals surface area contributed by atoms with Crippen molar-refractivity contribution in [2.75, 3.05) is 11.4 Å². The van der Waals surface area contributed by atoms with Crippen molar-refractivity contribution in [3.05, 3.63) is 59.1 Å². The van der Waals surface area contributed by atoms with Crippen molar-refractivity contribution in [1.82, 2.24) is 10.2 Å². The van der Waals surface area contributed by atoms with Crippen molar-refractivity contribution >= 4 is 56.4 Å². The molecule has 152 valence electrons. The van der Waals surface area contributed by atoms with Gasteiger partial charge in [-0.05, 0) is 37.5 Å². The molecule has 1 amide bonds. The van der Waals surface area contributed by atoms with Crippen LogP contribution in [-0.2, 0) is 11.2 Å². The first-order valence-electron chi connectivity index (χ1n) is 9.68. The van der Waals surface area contributed by atoms with Gasteiger partial charge in [-0.1, -0.05) is 59.8 Å². The van der Waals surface area contributed by atoms with Crippen LogP contribution in [0.3, 0.4) is 0 Å². The Morgan fingerprint density at radius 2 is 2.00 bits per heavy atom. The first kappa shape index (κ1) is 19.6. The van der Waals surface area contributed by atoms with Gasteiger partial charge in [-0.2, -0.15) is 0 Å². The predicted molar refractivity (Wildman–Crippen MR) is 123 cm³/mol. The highest BCUT2D eigenvalue weighted by atomic mass is 35.5. The Labute approximate surface area is 187 Å². The summed E-state index contributed by atoms with van der Waals surface area (Å²) in [6, 6.07) is 16.0. The molecule has 3 heterocycles. The molecule has 0 fully saturated rings. The summed E-state index contributed by atoms with van der Waals surface area (Å²) in [7, 11) is 0. The Hall–Kier alpha value is -2.35. The topological polar surface area (TPSA) is 59.2 Å². The van der Waals surface area contributed by atoms with Crippen LogP contribution in [0.25, 0.3) is 20.9 Å². The van der Waals surface area contributed by atoms with Crippen LogP contribution in [0.2, 0.25) is 5.02 Å². The van der Waals surface area contributed by atoms with E-state index in [-0.39, 0.29) is 11.2 Å². The molecule has 5 rings (SSSR count). The number of anilines is 1. The Kier molecular flexibility index (Phi) is 5.26. The number of carbonyl (C=O) groups is 1. The third kappa shape index (κ3) is 3.51. The molecule has 2 aromatic carbocycles. The molecule has 5 nitrogen and oxygen atoms in total. The molecule has 1 atom stereocenters. The van der Waals surface area contributed by atoms with Crippen LogP contribution in [0.5, 0.6) is 0 Å². The summed E-state index contributed by atoms with van der Waals surface area (Å²) in [6.07, 6.45) is 1.97. The van der Waals surface area contributed by atoms with Crippen molar-refractivity contribution in [2.24, 2.45) is 0 Å². The first-order chi connectivity index (χ1) is 14.6. The minimum atomic E-state index is -0.345. The number of para-hydroxylation sites is 1. The van der Waals surface area contributed by atoms with Crippen LogP contribution in [0.4, 0.5) is 5.69 Å². The second-order valence-electron chi connectivity index (χ2n) is 7.10. The smallest absolute Gasteiger partial charge is 0.277 e. The Morgan fingerprint density at radius 3 is 2.87 bits per heavy atom. The number of thioether (sulfide) groups is 1. The van der Waals surface area contributed by atoms with Gasteiger partial charge >= 0.3 is 0 Å². The van der Waals surface area contributed by atoms with Gasteiger partial charge in [0.15, 0.2) is 0 Å². The number of rotatable bonds is 4. The van der Waals surface area contributed by atoms with Gasteiger partial charge in [0.1, 0.15) is 4.88 Å². The lowest BCUT2D eigenvalue weighted by Gasteiger charge is -2.31. The van der Waals surface area contributed by atoms with E-state index in [9.17, 15) is 4.79 Å². The maximum absolute atomic E-state index is 13.1. The highest BCUT2D eigenvalue weighted by Gasteiger charge is 2.28. The van der Waals surface area contributed by atoms with Gasteiger partial charge in [-0.15, -0.1) is 21.5 Å². The van der Waals surface area contributed by atoms with Crippen LogP contribution in [0.1, 0.15) is 18.9 Å². The van der Waals surface area contributed by atoms with Crippen LogP contribution in [-0.4, -0.2) is 27.9 Å². The fourth-order valence-corrected chi connectivity index (χ4v) is 5.86. The van der Waals surface area contributed by atoms with E-state index in [4.69, 9.17) is 16.0 Å². The number of fused-ring (bicyclic) bond motifs is 2. The molecule has 4 aromatic rings. The lowest BCUT2D eigenvalue weighted by Crippen LogP contribution is -2.40. The molecule has 0 saturated heterocycles. The lowest BCUT2D eigenvalue weighted by atomic mass is 10.0. The fraction of sp³-hybridized carbons (Fsp3) is 0.227. The number of carbonyl (C=O) groups excluding carboxylic acids is 1. The molecule has 0 aliphatic carbocycles. The molecule has 8 heteroatoms. The third-order valence-electron chi connectivity index (χ3n) is 5.14. The molecule has 0 radical (unpaired) electrons. The number of hydrogen-bond acceptors (Lipinski definition) is 6. The maximum atomic E-state index is 13.1. The third-order valence-corrected chi connectivity index (χ3v) is 7.72. The van der Waals surface area contributed by atoms with Gasteiger partial charge in [0.05, 0.1) is 10.3 Å². The van der Waals surface area contributed by atoms with Crippen molar-refractivity contribution in [2.45, 2.75) is 30.2 Å². The molecule has 0 N–H and O–H groups in total. The van der Waals surface area contributed by atoms with Gasteiger partial charge < -0.3 is 9.32 Å². The number of nitrogens with zero attached hydrogens (tertiary/aromatic N) is 3. The summed E-state index contributed by atoms with van der Waals surface area (Å²) in [5.74, 6) is 0.429. The Balaban J connectivity index is 1.35. The van der Waals surface area contributed by atoms with E-state index in [2.05, 4.69) is 16.3 Å². The maximum Gasteiger partial charge on any atom is 0.277 e. The monoisotopic (exact) mass is 455 g/mol. The normalized spacial score (nSPS) is 14.7. The molecular formula is C22H18ClN3O2S2. The van der Waals surface area contributed by atoms with Gasteiger partial charge in [0.25, 0.3) is 11.1 Å². The van der Waals surface area contributed by atoms with E-state index >= 15 is 0 Å². The summed E-state index contributed by atoms with van der Waals surface area (Å²) in [5, 5.41) is 9.91. The summed E-state index contributed by atoms with van der Waals surface area (Å²) < 4.78 is 6.92. The van der Waals surface area contributed by atoms with Gasteiger partial charge in [-0.25, -0.2) is 0 Å². The predicted octanol–water partition coefficient (Wildman–Crippen LogP) is 6.06. The molecular weight excluding hydrogens is 438 g/mol. The van der Waals surface area contributed by atoms with Gasteiger partial charge in [-0.3, -0.25) is 4.79 Å². The number of hydrogen-bond donors (Lipinski definition) is 0. The number of amides is 1. The van der Waals surface area contributed by atoms with E-state index in [0.717, 1.165) is 40.0 Å². The minimum Gasteiger partial charge on any atom is -0.410 e. The molecule has 1 aliphatic heterocycles. The molecule has 0 spiro atoms. The van der Waals surface area contributed by atoms with Crippen molar-refractivity contribution < 1.29 is 9.21 Å². The second kappa shape index (κ2) is 8.06. The average molecular weight is 456 g/mol. The molecule has 0 unspecified atom stereocenters. The fourth-order valence-electron chi connectivity index (χ4n) is 3.68. The minimum absolute atomic E-state index is 0.0480. The first-order valence-corrected chi connectivity index (χ1v) is 11.8. The van der Waals surface area contributed by atoms with E-state index < -0.39 is 0 Å². The molecule has 0 saturated carbocycles. The zero-order chi connectivity index (χ0) is 20.7. The number of aryl methyl sites for hydroxylation is 1. The standard InChI is InChI=1S/C22H18ClN3O2S2/c1-13(21(27)26-12-6-8-14-7-2-4-10-16(14)26)29-22-25-24-20(28-22)19-18(23)15-9-3-5-11-17(15)30-19/h2-5,7,9-11,13H,6,8,12H2,1H3/t13-/m1/s1. The van der Waals surface area contributed by atoms with Gasteiger partial charge in [0.2, 0.25) is 5.91 Å². The molecule has 30 heavy (non-hydrogen) atoms. The highest BCUT2D eigenvalue weighted by Crippen LogP contribution is 2.42. The lowest BCUT2D eigenvalue weighted by molar-refractivity contribution is -0.117. The zero-order valence-electron chi connectivity index (χ0n) is 16.2. The number of aromatic nitrogens is 2. The van der Waals surface area contributed by atoms with Crippen LogP contribution < -0.4 is 4.90 Å². The molecule has 1 aliphatic rings. The Morgan fingerprint density at radius 1 is 1.20 bits per heavy atom. The van der Waals surface area contributed by atoms with Crippen molar-refractivity contribution in [3.8, 4) is 10.8 Å². The van der Waals surface area contributed by atoms with Crippen molar-refractivity contribution in [1.29, 1.82) is 0 Å². The van der Waals surface area contributed by atoms with E-state index in [0.29, 0.717) is 16.1 Å². The van der Waals surface area contributed by atoms with Crippen LogP contribution in [0.15, 0.2) is 58.2 Å².